The summed E-state index contributed by atoms with van der Waals surface area (Å²) in [6, 6.07) is 20.6. The maximum atomic E-state index is 13.7. The summed E-state index contributed by atoms with van der Waals surface area (Å²) in [5.74, 6) is 0. The first-order valence-corrected chi connectivity index (χ1v) is 10.0. The summed E-state index contributed by atoms with van der Waals surface area (Å²) >= 11 is 0. The standard InChI is InChI=1S/C26H16N2O/c29-26-21-14-6-8-15-7-5-13-20(22(15)21)25-27-23-18-11-3-1-9-16(18)17-10-2-4-12-19(17)24(23)28(25)26/h1,3,5-14H,2,4H2. The van der Waals surface area contributed by atoms with Crippen LogP contribution in [0.1, 0.15) is 12.8 Å². The number of benzene rings is 4. The zero-order valence-electron chi connectivity index (χ0n) is 15.6. The van der Waals surface area contributed by atoms with Gasteiger partial charge in [0.15, 0.2) is 0 Å². The van der Waals surface area contributed by atoms with Crippen LogP contribution in [0.4, 0.5) is 0 Å². The minimum atomic E-state index is 0.0169. The molecule has 0 amide bonds. The Morgan fingerprint density at radius 1 is 0.724 bits per heavy atom. The Morgan fingerprint density at radius 3 is 2.24 bits per heavy atom. The molecule has 0 spiro atoms. The van der Waals surface area contributed by atoms with Crippen LogP contribution in [0.2, 0.25) is 0 Å². The fourth-order valence-electron chi connectivity index (χ4n) is 5.14. The maximum absolute atomic E-state index is 13.7. The first-order chi connectivity index (χ1) is 14.3. The summed E-state index contributed by atoms with van der Waals surface area (Å²) in [4.78, 5) is 18.8. The van der Waals surface area contributed by atoms with Crippen LogP contribution < -0.4 is 16.0 Å². The number of fused-ring (bicyclic) bond motifs is 9. The van der Waals surface area contributed by atoms with E-state index < -0.39 is 0 Å². The molecule has 4 aromatic carbocycles. The molecule has 3 heteroatoms. The lowest BCUT2D eigenvalue weighted by Gasteiger charge is -2.09. The van der Waals surface area contributed by atoms with E-state index in [1.165, 1.54) is 10.6 Å². The normalized spacial score (nSPS) is 13.9. The quantitative estimate of drug-likeness (QED) is 0.402. The largest absolute Gasteiger partial charge is 0.268 e. The van der Waals surface area contributed by atoms with Crippen LogP contribution in [-0.4, -0.2) is 9.38 Å². The van der Waals surface area contributed by atoms with Crippen molar-refractivity contribution in [1.29, 1.82) is 0 Å². The van der Waals surface area contributed by atoms with Crippen molar-refractivity contribution >= 4 is 61.1 Å². The molecule has 0 unspecified atom stereocenters. The van der Waals surface area contributed by atoms with Crippen molar-refractivity contribution in [1.82, 2.24) is 9.38 Å². The highest BCUT2D eigenvalue weighted by Crippen LogP contribution is 2.30. The van der Waals surface area contributed by atoms with Gasteiger partial charge in [0, 0.05) is 26.8 Å². The number of rotatable bonds is 0. The van der Waals surface area contributed by atoms with Gasteiger partial charge in [0.25, 0.3) is 5.56 Å². The lowest BCUT2D eigenvalue weighted by Crippen LogP contribution is -2.30. The van der Waals surface area contributed by atoms with E-state index in [-0.39, 0.29) is 5.56 Å². The van der Waals surface area contributed by atoms with Gasteiger partial charge >= 0.3 is 0 Å². The second-order valence-corrected chi connectivity index (χ2v) is 7.84. The molecule has 0 atom stereocenters. The highest BCUT2D eigenvalue weighted by Gasteiger charge is 2.19. The molecule has 2 heterocycles. The number of hydrogen-bond acceptors (Lipinski definition) is 2. The molecule has 0 N–H and O–H groups in total. The zero-order chi connectivity index (χ0) is 19.1. The Kier molecular flexibility index (Phi) is 2.73. The fraction of sp³-hybridized carbons (Fsp3) is 0.0769. The number of nitrogens with zero attached hydrogens (tertiary/aromatic N) is 2. The van der Waals surface area contributed by atoms with E-state index in [0.717, 1.165) is 61.7 Å². The fourth-order valence-corrected chi connectivity index (χ4v) is 5.14. The number of hydrogen-bond donors (Lipinski definition) is 0. The summed E-state index contributed by atoms with van der Waals surface area (Å²) in [7, 11) is 0. The second-order valence-electron chi connectivity index (χ2n) is 7.84. The summed E-state index contributed by atoms with van der Waals surface area (Å²) < 4.78 is 1.85. The van der Waals surface area contributed by atoms with Gasteiger partial charge in [-0.1, -0.05) is 66.7 Å². The van der Waals surface area contributed by atoms with Gasteiger partial charge in [0.05, 0.1) is 11.0 Å². The van der Waals surface area contributed by atoms with Crippen molar-refractivity contribution in [3.05, 3.63) is 81.5 Å². The third kappa shape index (κ3) is 1.78. The molecular formula is C26H16N2O. The van der Waals surface area contributed by atoms with Gasteiger partial charge in [-0.2, -0.15) is 0 Å². The van der Waals surface area contributed by atoms with Crippen molar-refractivity contribution in [2.24, 2.45) is 0 Å². The molecule has 0 fully saturated rings. The minimum absolute atomic E-state index is 0.0169. The Balaban J connectivity index is 1.93. The topological polar surface area (TPSA) is 34.4 Å². The predicted molar refractivity (Wildman–Crippen MR) is 120 cm³/mol. The van der Waals surface area contributed by atoms with Gasteiger partial charge in [0.2, 0.25) is 0 Å². The van der Waals surface area contributed by atoms with E-state index in [1.54, 1.807) is 0 Å². The van der Waals surface area contributed by atoms with Gasteiger partial charge in [-0.15, -0.1) is 0 Å². The number of pyridine rings is 1. The molecule has 0 aliphatic heterocycles. The SMILES string of the molecule is O=c1c2cccc3cccc(c32)c2nc3c4ccccc4c4c(c3n12)=CCCC=4. The van der Waals surface area contributed by atoms with Gasteiger partial charge < -0.3 is 0 Å². The molecule has 0 bridgehead atoms. The first-order valence-electron chi connectivity index (χ1n) is 10.0. The third-order valence-corrected chi connectivity index (χ3v) is 6.34. The molecular weight excluding hydrogens is 356 g/mol. The van der Waals surface area contributed by atoms with E-state index in [1.807, 2.05) is 16.5 Å². The number of aromatic nitrogens is 2. The minimum Gasteiger partial charge on any atom is -0.268 e. The third-order valence-electron chi connectivity index (χ3n) is 6.34. The summed E-state index contributed by atoms with van der Waals surface area (Å²) in [6.07, 6.45) is 6.59. The molecule has 136 valence electrons. The second kappa shape index (κ2) is 5.21. The number of imidazole rings is 1. The highest BCUT2D eigenvalue weighted by atomic mass is 16.1. The lowest BCUT2D eigenvalue weighted by atomic mass is 9.99. The van der Waals surface area contributed by atoms with Gasteiger partial charge in [-0.05, 0) is 34.9 Å². The molecule has 0 saturated carbocycles. The average Bonchev–Trinajstić information content (AvgIpc) is 3.19. The first kappa shape index (κ1) is 15.2. The van der Waals surface area contributed by atoms with E-state index >= 15 is 0 Å². The Bertz CT molecular complexity index is 1820. The van der Waals surface area contributed by atoms with Gasteiger partial charge in [0.1, 0.15) is 5.65 Å². The smallest absolute Gasteiger partial charge is 0.264 e. The van der Waals surface area contributed by atoms with Gasteiger partial charge in [-0.25, -0.2) is 4.98 Å². The monoisotopic (exact) mass is 372 g/mol. The molecule has 0 saturated heterocycles. The van der Waals surface area contributed by atoms with E-state index in [9.17, 15) is 4.79 Å². The van der Waals surface area contributed by atoms with E-state index in [4.69, 9.17) is 4.98 Å². The predicted octanol–water partition coefficient (Wildman–Crippen LogP) is 4.10. The molecule has 2 aromatic heterocycles. The van der Waals surface area contributed by atoms with Crippen LogP contribution in [0.5, 0.6) is 0 Å². The van der Waals surface area contributed by atoms with Crippen molar-refractivity contribution in [2.45, 2.75) is 12.8 Å². The summed E-state index contributed by atoms with van der Waals surface area (Å²) in [5, 5.41) is 8.58. The molecule has 1 aliphatic rings. The lowest BCUT2D eigenvalue weighted by molar-refractivity contribution is 1.12. The van der Waals surface area contributed by atoms with Crippen molar-refractivity contribution < 1.29 is 0 Å². The Morgan fingerprint density at radius 2 is 1.41 bits per heavy atom. The molecule has 1 aliphatic carbocycles. The van der Waals surface area contributed by atoms with Crippen LogP contribution in [-0.2, 0) is 0 Å². The molecule has 3 nitrogen and oxygen atoms in total. The average molecular weight is 372 g/mol. The summed E-state index contributed by atoms with van der Waals surface area (Å²) in [6.45, 7) is 0. The maximum Gasteiger partial charge on any atom is 0.264 e. The molecule has 0 radical (unpaired) electrons. The molecule has 29 heavy (non-hydrogen) atoms. The Labute approximate surface area is 165 Å². The van der Waals surface area contributed by atoms with Crippen molar-refractivity contribution in [2.75, 3.05) is 0 Å². The van der Waals surface area contributed by atoms with Crippen LogP contribution in [0.3, 0.4) is 0 Å². The molecule has 6 aromatic rings. The molecule has 7 rings (SSSR count). The van der Waals surface area contributed by atoms with E-state index in [0.29, 0.717) is 0 Å². The highest BCUT2D eigenvalue weighted by molar-refractivity contribution is 6.17. The van der Waals surface area contributed by atoms with Crippen molar-refractivity contribution in [3.63, 3.8) is 0 Å². The van der Waals surface area contributed by atoms with Crippen LogP contribution in [0, 0.1) is 0 Å². The van der Waals surface area contributed by atoms with Crippen LogP contribution in [0.15, 0.2) is 65.5 Å². The van der Waals surface area contributed by atoms with Crippen LogP contribution >= 0.6 is 0 Å². The van der Waals surface area contributed by atoms with Crippen molar-refractivity contribution in [3.8, 4) is 0 Å². The van der Waals surface area contributed by atoms with E-state index in [2.05, 4.69) is 60.7 Å². The van der Waals surface area contributed by atoms with Crippen LogP contribution in [0.25, 0.3) is 61.1 Å². The summed E-state index contributed by atoms with van der Waals surface area (Å²) in [5.41, 5.74) is 2.63. The van der Waals surface area contributed by atoms with Gasteiger partial charge in [-0.3, -0.25) is 9.20 Å². The zero-order valence-corrected chi connectivity index (χ0v) is 15.6. The Hall–Kier alpha value is -3.72.